The van der Waals surface area contributed by atoms with Crippen molar-refractivity contribution in [2.75, 3.05) is 12.0 Å². The molecule has 2 saturated heterocycles. The Kier molecular flexibility index (Phi) is 5.39. The Morgan fingerprint density at radius 3 is 2.36 bits per heavy atom. The van der Waals surface area contributed by atoms with Gasteiger partial charge >= 0.3 is 0 Å². The highest BCUT2D eigenvalue weighted by molar-refractivity contribution is 6.38. The zero-order valence-electron chi connectivity index (χ0n) is 19.1. The molecule has 3 aromatic carbocycles. The number of imide groups is 1. The highest BCUT2D eigenvalue weighted by atomic mass is 35.5. The Labute approximate surface area is 217 Å². The van der Waals surface area contributed by atoms with Crippen molar-refractivity contribution < 1.29 is 19.1 Å². The second-order valence-electron chi connectivity index (χ2n) is 9.03. The number of amides is 2. The summed E-state index contributed by atoms with van der Waals surface area (Å²) in [6.07, 6.45) is 3.75. The second-order valence-corrected chi connectivity index (χ2v) is 9.88. The number of ether oxygens (including phenoxy) is 1. The SMILES string of the molecule is COc1ccc(C(=O)[C@@H]2[C@@H]3C(=O)N(c4ccc(Cl)cc4Cl)C(=O)[C@@H]3[C@H]3c4ccccc4C=CN23)cc1. The Bertz CT molecular complexity index is 1450. The van der Waals surface area contributed by atoms with Crippen LogP contribution in [0.2, 0.25) is 10.0 Å². The third-order valence-electron chi connectivity index (χ3n) is 7.26. The minimum absolute atomic E-state index is 0.197. The first-order valence-electron chi connectivity index (χ1n) is 11.5. The molecule has 0 saturated carbocycles. The first-order valence-corrected chi connectivity index (χ1v) is 12.2. The van der Waals surface area contributed by atoms with Gasteiger partial charge in [0.2, 0.25) is 11.8 Å². The highest BCUT2D eigenvalue weighted by Gasteiger charge is 2.64. The Morgan fingerprint density at radius 2 is 1.64 bits per heavy atom. The number of hydrogen-bond acceptors (Lipinski definition) is 5. The molecule has 2 amide bonds. The number of hydrogen-bond donors (Lipinski definition) is 0. The maximum Gasteiger partial charge on any atom is 0.240 e. The fourth-order valence-electron chi connectivity index (χ4n) is 5.68. The minimum atomic E-state index is -0.875. The van der Waals surface area contributed by atoms with E-state index in [2.05, 4.69) is 0 Å². The molecule has 3 aromatic rings. The van der Waals surface area contributed by atoms with E-state index >= 15 is 0 Å². The maximum absolute atomic E-state index is 13.9. The van der Waals surface area contributed by atoms with Gasteiger partial charge in [-0.3, -0.25) is 14.4 Å². The number of ketones is 1. The number of methoxy groups -OCH3 is 1. The third kappa shape index (κ3) is 3.29. The summed E-state index contributed by atoms with van der Waals surface area (Å²) in [6.45, 7) is 0. The number of carbonyl (C=O) groups is 3. The van der Waals surface area contributed by atoms with E-state index in [0.29, 0.717) is 16.3 Å². The molecule has 0 aliphatic carbocycles. The summed E-state index contributed by atoms with van der Waals surface area (Å²) in [5, 5.41) is 0.594. The van der Waals surface area contributed by atoms with Crippen LogP contribution in [-0.4, -0.2) is 35.6 Å². The van der Waals surface area contributed by atoms with Crippen molar-refractivity contribution in [3.63, 3.8) is 0 Å². The monoisotopic (exact) mass is 518 g/mol. The molecule has 0 aromatic heterocycles. The van der Waals surface area contributed by atoms with Crippen LogP contribution in [0.3, 0.4) is 0 Å². The van der Waals surface area contributed by atoms with E-state index in [4.69, 9.17) is 27.9 Å². The largest absolute Gasteiger partial charge is 0.497 e. The Morgan fingerprint density at radius 1 is 0.917 bits per heavy atom. The number of anilines is 1. The molecule has 6 nitrogen and oxygen atoms in total. The van der Waals surface area contributed by atoms with Gasteiger partial charge in [0.05, 0.1) is 35.7 Å². The van der Waals surface area contributed by atoms with Gasteiger partial charge in [0.15, 0.2) is 5.78 Å². The van der Waals surface area contributed by atoms with Crippen molar-refractivity contribution in [1.82, 2.24) is 4.90 Å². The average molecular weight is 519 g/mol. The molecule has 8 heteroatoms. The zero-order chi connectivity index (χ0) is 25.1. The van der Waals surface area contributed by atoms with Crippen molar-refractivity contribution in [3.05, 3.63) is 99.7 Å². The van der Waals surface area contributed by atoms with Gasteiger partial charge in [-0.25, -0.2) is 4.90 Å². The number of fused-ring (bicyclic) bond motifs is 5. The molecule has 2 fully saturated rings. The summed E-state index contributed by atoms with van der Waals surface area (Å²) in [5.74, 6) is -2.05. The molecule has 0 unspecified atom stereocenters. The first-order chi connectivity index (χ1) is 17.4. The summed E-state index contributed by atoms with van der Waals surface area (Å²) in [6, 6.07) is 17.8. The van der Waals surface area contributed by atoms with Gasteiger partial charge in [-0.1, -0.05) is 47.5 Å². The first kappa shape index (κ1) is 22.8. The van der Waals surface area contributed by atoms with Crippen molar-refractivity contribution in [1.29, 1.82) is 0 Å². The molecule has 0 N–H and O–H groups in total. The van der Waals surface area contributed by atoms with Gasteiger partial charge in [0, 0.05) is 16.8 Å². The van der Waals surface area contributed by atoms with Crippen molar-refractivity contribution in [3.8, 4) is 5.75 Å². The van der Waals surface area contributed by atoms with Gasteiger partial charge < -0.3 is 9.64 Å². The van der Waals surface area contributed by atoms with Gasteiger partial charge in [-0.05, 0) is 59.7 Å². The molecule has 0 spiro atoms. The molecular formula is C28H20Cl2N2O4. The summed E-state index contributed by atoms with van der Waals surface area (Å²) in [5.41, 5.74) is 2.58. The average Bonchev–Trinajstić information content (AvgIpc) is 3.36. The molecule has 6 rings (SSSR count). The van der Waals surface area contributed by atoms with E-state index in [1.54, 1.807) is 43.5 Å². The molecule has 3 aliphatic heterocycles. The predicted octanol–water partition coefficient (Wildman–Crippen LogP) is 5.40. The molecule has 3 aliphatic rings. The van der Waals surface area contributed by atoms with Crippen LogP contribution in [-0.2, 0) is 9.59 Å². The van der Waals surface area contributed by atoms with E-state index in [9.17, 15) is 14.4 Å². The van der Waals surface area contributed by atoms with E-state index in [1.165, 1.54) is 6.07 Å². The van der Waals surface area contributed by atoms with E-state index < -0.39 is 29.8 Å². The molecule has 3 heterocycles. The van der Waals surface area contributed by atoms with Crippen LogP contribution >= 0.6 is 23.2 Å². The lowest BCUT2D eigenvalue weighted by Crippen LogP contribution is -2.44. The maximum atomic E-state index is 13.9. The normalized spacial score (nSPS) is 24.0. The van der Waals surface area contributed by atoms with Gasteiger partial charge in [0.25, 0.3) is 0 Å². The molecule has 0 radical (unpaired) electrons. The van der Waals surface area contributed by atoms with Crippen LogP contribution < -0.4 is 9.64 Å². The predicted molar refractivity (Wildman–Crippen MR) is 137 cm³/mol. The number of Topliss-reactive ketones (excluding diaryl/α,β-unsaturated/α-hetero) is 1. The standard InChI is InChI=1S/C28H20Cl2N2O4/c1-36-18-9-6-16(7-10-18)26(33)25-23-22(24-19-5-3-2-4-15(19)12-13-31(24)25)27(34)32(28(23)35)21-11-8-17(29)14-20(21)30/h2-14,22-25H,1H3/t22-,23+,24+,25-/m0/s1. The van der Waals surface area contributed by atoms with Gasteiger partial charge in [0.1, 0.15) is 11.8 Å². The van der Waals surface area contributed by atoms with Crippen molar-refractivity contribution >= 4 is 52.6 Å². The Hall–Kier alpha value is -3.61. The van der Waals surface area contributed by atoms with Crippen LogP contribution in [0.1, 0.15) is 27.5 Å². The van der Waals surface area contributed by atoms with E-state index in [1.807, 2.05) is 41.4 Å². The van der Waals surface area contributed by atoms with Crippen LogP contribution in [0.5, 0.6) is 5.75 Å². The van der Waals surface area contributed by atoms with Gasteiger partial charge in [-0.15, -0.1) is 0 Å². The van der Waals surface area contributed by atoms with Crippen LogP contribution in [0.25, 0.3) is 6.08 Å². The summed E-state index contributed by atoms with van der Waals surface area (Å²) in [7, 11) is 1.55. The summed E-state index contributed by atoms with van der Waals surface area (Å²) in [4.78, 5) is 44.8. The lowest BCUT2D eigenvalue weighted by atomic mass is 9.83. The topological polar surface area (TPSA) is 66.9 Å². The molecule has 0 bridgehead atoms. The second kappa shape index (κ2) is 8.50. The fourth-order valence-corrected chi connectivity index (χ4v) is 6.18. The van der Waals surface area contributed by atoms with Crippen LogP contribution in [0, 0.1) is 11.8 Å². The van der Waals surface area contributed by atoms with Crippen molar-refractivity contribution in [2.24, 2.45) is 11.8 Å². The molecule has 36 heavy (non-hydrogen) atoms. The summed E-state index contributed by atoms with van der Waals surface area (Å²) >= 11 is 12.5. The Balaban J connectivity index is 1.49. The smallest absolute Gasteiger partial charge is 0.240 e. The number of benzene rings is 3. The van der Waals surface area contributed by atoms with Crippen LogP contribution in [0.15, 0.2) is 72.9 Å². The lowest BCUT2D eigenvalue weighted by Gasteiger charge is -2.35. The minimum Gasteiger partial charge on any atom is -0.497 e. The lowest BCUT2D eigenvalue weighted by molar-refractivity contribution is -0.123. The molecular weight excluding hydrogens is 499 g/mol. The molecule has 4 atom stereocenters. The van der Waals surface area contributed by atoms with Crippen molar-refractivity contribution in [2.45, 2.75) is 12.1 Å². The quantitative estimate of drug-likeness (QED) is 0.341. The number of halogens is 2. The van der Waals surface area contributed by atoms with E-state index in [0.717, 1.165) is 16.0 Å². The van der Waals surface area contributed by atoms with E-state index in [-0.39, 0.29) is 22.4 Å². The third-order valence-corrected chi connectivity index (χ3v) is 7.79. The fraction of sp³-hybridized carbons (Fsp3) is 0.179. The zero-order valence-corrected chi connectivity index (χ0v) is 20.6. The highest BCUT2D eigenvalue weighted by Crippen LogP contribution is 2.54. The summed E-state index contributed by atoms with van der Waals surface area (Å²) < 4.78 is 5.22. The van der Waals surface area contributed by atoms with Gasteiger partial charge in [-0.2, -0.15) is 0 Å². The number of rotatable bonds is 4. The number of carbonyl (C=O) groups excluding carboxylic acids is 3. The van der Waals surface area contributed by atoms with Crippen LogP contribution in [0.4, 0.5) is 5.69 Å². The molecule has 180 valence electrons. The number of nitrogens with zero attached hydrogens (tertiary/aromatic N) is 2.